The molecule has 88 valence electrons. The second-order valence-electron chi connectivity index (χ2n) is 4.44. The maximum Gasteiger partial charge on any atom is 0.149 e. The highest BCUT2D eigenvalue weighted by molar-refractivity contribution is 5.70. The second-order valence-corrected chi connectivity index (χ2v) is 4.44. The van der Waals surface area contributed by atoms with Crippen LogP contribution in [0.2, 0.25) is 0 Å². The highest BCUT2D eigenvalue weighted by Gasteiger charge is 2.22. The molecule has 3 nitrogen and oxygen atoms in total. The predicted octanol–water partition coefficient (Wildman–Crippen LogP) is 2.93. The third-order valence-corrected chi connectivity index (χ3v) is 2.93. The number of nitrogens with one attached hydrogen (secondary N) is 1. The smallest absolute Gasteiger partial charge is 0.149 e. The molecule has 3 heteroatoms. The van der Waals surface area contributed by atoms with Gasteiger partial charge in [0.15, 0.2) is 0 Å². The summed E-state index contributed by atoms with van der Waals surface area (Å²) in [5.41, 5.74) is 3.46. The van der Waals surface area contributed by atoms with Crippen molar-refractivity contribution in [3.63, 3.8) is 0 Å². The van der Waals surface area contributed by atoms with Crippen molar-refractivity contribution in [3.8, 4) is 11.5 Å². The number of rotatable bonds is 2. The molecular weight excluding hydrogens is 202 g/mol. The summed E-state index contributed by atoms with van der Waals surface area (Å²) in [4.78, 5) is 0. The first-order valence-corrected chi connectivity index (χ1v) is 5.73. The number of methoxy groups -OCH3 is 1. The summed E-state index contributed by atoms with van der Waals surface area (Å²) in [6.45, 7) is 7.99. The number of hydrogen-bond acceptors (Lipinski definition) is 3. The van der Waals surface area contributed by atoms with Crippen molar-refractivity contribution in [3.05, 3.63) is 17.2 Å². The van der Waals surface area contributed by atoms with Crippen LogP contribution < -0.4 is 14.8 Å². The third kappa shape index (κ3) is 1.70. The Hall–Kier alpha value is -1.38. The Labute approximate surface area is 96.8 Å². The van der Waals surface area contributed by atoms with Crippen LogP contribution in [0.1, 0.15) is 30.9 Å². The Balaban J connectivity index is 2.63. The molecule has 1 aromatic carbocycles. The minimum Gasteiger partial charge on any atom is -0.496 e. The van der Waals surface area contributed by atoms with Gasteiger partial charge in [-0.1, -0.05) is 13.8 Å². The van der Waals surface area contributed by atoms with Crippen molar-refractivity contribution in [2.75, 3.05) is 25.6 Å². The molecule has 2 rings (SSSR count). The summed E-state index contributed by atoms with van der Waals surface area (Å²) in [5, 5.41) is 3.40. The van der Waals surface area contributed by atoms with Crippen LogP contribution in [0.15, 0.2) is 6.07 Å². The van der Waals surface area contributed by atoms with E-state index in [-0.39, 0.29) is 0 Å². The Morgan fingerprint density at radius 2 is 2.19 bits per heavy atom. The van der Waals surface area contributed by atoms with Crippen LogP contribution in [-0.4, -0.2) is 20.3 Å². The summed E-state index contributed by atoms with van der Waals surface area (Å²) >= 11 is 0. The Kier molecular flexibility index (Phi) is 2.95. The average Bonchev–Trinajstić information content (AvgIpc) is 2.28. The normalized spacial score (nSPS) is 14.1. The fourth-order valence-electron chi connectivity index (χ4n) is 2.19. The number of fused-ring (bicyclic) bond motifs is 1. The summed E-state index contributed by atoms with van der Waals surface area (Å²) in [7, 11) is 1.71. The fourth-order valence-corrected chi connectivity index (χ4v) is 2.19. The molecule has 0 amide bonds. The summed E-state index contributed by atoms with van der Waals surface area (Å²) < 4.78 is 11.2. The van der Waals surface area contributed by atoms with E-state index in [1.54, 1.807) is 7.11 Å². The monoisotopic (exact) mass is 221 g/mol. The largest absolute Gasteiger partial charge is 0.496 e. The van der Waals surface area contributed by atoms with Crippen LogP contribution in [0, 0.1) is 6.92 Å². The number of benzene rings is 1. The lowest BCUT2D eigenvalue weighted by Crippen LogP contribution is -2.20. The third-order valence-electron chi connectivity index (χ3n) is 2.93. The first kappa shape index (κ1) is 11.1. The van der Waals surface area contributed by atoms with Gasteiger partial charge in [0.2, 0.25) is 0 Å². The molecule has 0 radical (unpaired) electrons. The van der Waals surface area contributed by atoms with Crippen LogP contribution in [0.4, 0.5) is 5.69 Å². The zero-order valence-corrected chi connectivity index (χ0v) is 10.4. The first-order valence-electron chi connectivity index (χ1n) is 5.73. The predicted molar refractivity (Wildman–Crippen MR) is 65.8 cm³/mol. The number of hydrogen-bond donors (Lipinski definition) is 1. The van der Waals surface area contributed by atoms with Crippen LogP contribution in [0.25, 0.3) is 0 Å². The van der Waals surface area contributed by atoms with Gasteiger partial charge in [-0.2, -0.15) is 0 Å². The van der Waals surface area contributed by atoms with E-state index >= 15 is 0 Å². The molecule has 1 N–H and O–H groups in total. The highest BCUT2D eigenvalue weighted by Crippen LogP contribution is 2.43. The molecule has 1 aliphatic heterocycles. The molecule has 16 heavy (non-hydrogen) atoms. The molecule has 0 unspecified atom stereocenters. The molecule has 0 atom stereocenters. The number of anilines is 1. The standard InChI is InChI=1S/C13H19NO2/c1-8(2)11-10(15-4)7-9(3)12-13(11)16-6-5-14-12/h7-8,14H,5-6H2,1-4H3. The molecule has 0 saturated carbocycles. The van der Waals surface area contributed by atoms with E-state index < -0.39 is 0 Å². The molecule has 0 aromatic heterocycles. The minimum absolute atomic E-state index is 0.393. The molecular formula is C13H19NO2. The number of aryl methyl sites for hydroxylation is 1. The lowest BCUT2D eigenvalue weighted by molar-refractivity contribution is 0.313. The molecule has 0 spiro atoms. The van der Waals surface area contributed by atoms with Crippen LogP contribution >= 0.6 is 0 Å². The Bertz CT molecular complexity index is 399. The Morgan fingerprint density at radius 1 is 1.44 bits per heavy atom. The summed E-state index contributed by atoms with van der Waals surface area (Å²) in [5.74, 6) is 2.29. The van der Waals surface area contributed by atoms with Crippen LogP contribution in [0.5, 0.6) is 11.5 Å². The zero-order valence-electron chi connectivity index (χ0n) is 10.4. The van der Waals surface area contributed by atoms with Crippen molar-refractivity contribution >= 4 is 5.69 Å². The lowest BCUT2D eigenvalue weighted by Gasteiger charge is -2.26. The van der Waals surface area contributed by atoms with E-state index in [2.05, 4.69) is 32.2 Å². The molecule has 0 saturated heterocycles. The van der Waals surface area contributed by atoms with Crippen molar-refractivity contribution in [2.45, 2.75) is 26.7 Å². The number of ether oxygens (including phenoxy) is 2. The van der Waals surface area contributed by atoms with Gasteiger partial charge < -0.3 is 14.8 Å². The summed E-state index contributed by atoms with van der Waals surface area (Å²) in [6, 6.07) is 2.08. The fraction of sp³-hybridized carbons (Fsp3) is 0.538. The van der Waals surface area contributed by atoms with E-state index in [1.807, 2.05) is 0 Å². The molecule has 0 fully saturated rings. The van der Waals surface area contributed by atoms with Gasteiger partial charge in [0.25, 0.3) is 0 Å². The maximum atomic E-state index is 5.80. The van der Waals surface area contributed by atoms with Gasteiger partial charge in [-0.25, -0.2) is 0 Å². The van der Waals surface area contributed by atoms with E-state index in [4.69, 9.17) is 9.47 Å². The topological polar surface area (TPSA) is 30.5 Å². The quantitative estimate of drug-likeness (QED) is 0.833. The second kappa shape index (κ2) is 4.24. The van der Waals surface area contributed by atoms with Crippen LogP contribution in [0.3, 0.4) is 0 Å². The van der Waals surface area contributed by atoms with E-state index in [0.29, 0.717) is 5.92 Å². The van der Waals surface area contributed by atoms with Crippen molar-refractivity contribution in [1.82, 2.24) is 0 Å². The van der Waals surface area contributed by atoms with E-state index in [1.165, 1.54) is 5.56 Å². The minimum atomic E-state index is 0.393. The van der Waals surface area contributed by atoms with Gasteiger partial charge in [-0.05, 0) is 24.5 Å². The zero-order chi connectivity index (χ0) is 11.7. The van der Waals surface area contributed by atoms with E-state index in [0.717, 1.165) is 35.9 Å². The van der Waals surface area contributed by atoms with Gasteiger partial charge in [-0.15, -0.1) is 0 Å². The maximum absolute atomic E-state index is 5.80. The molecule has 1 aromatic rings. The SMILES string of the molecule is COc1cc(C)c2c(c1C(C)C)OCCN2. The van der Waals surface area contributed by atoms with Gasteiger partial charge in [0.1, 0.15) is 18.1 Å². The molecule has 1 aliphatic rings. The highest BCUT2D eigenvalue weighted by atomic mass is 16.5. The average molecular weight is 221 g/mol. The van der Waals surface area contributed by atoms with Gasteiger partial charge in [0, 0.05) is 12.1 Å². The van der Waals surface area contributed by atoms with E-state index in [9.17, 15) is 0 Å². The molecule has 0 aliphatic carbocycles. The molecule has 0 bridgehead atoms. The first-order chi connectivity index (χ1) is 7.65. The Morgan fingerprint density at radius 3 is 2.81 bits per heavy atom. The van der Waals surface area contributed by atoms with Gasteiger partial charge in [-0.3, -0.25) is 0 Å². The van der Waals surface area contributed by atoms with Gasteiger partial charge in [0.05, 0.1) is 12.8 Å². The lowest BCUT2D eigenvalue weighted by atomic mass is 9.97. The molecule has 1 heterocycles. The van der Waals surface area contributed by atoms with Crippen molar-refractivity contribution < 1.29 is 9.47 Å². The van der Waals surface area contributed by atoms with Crippen molar-refractivity contribution in [2.24, 2.45) is 0 Å². The van der Waals surface area contributed by atoms with Crippen LogP contribution in [-0.2, 0) is 0 Å². The van der Waals surface area contributed by atoms with Crippen molar-refractivity contribution in [1.29, 1.82) is 0 Å². The van der Waals surface area contributed by atoms with Gasteiger partial charge >= 0.3 is 0 Å². The summed E-state index contributed by atoms with van der Waals surface area (Å²) in [6.07, 6.45) is 0.